The average Bonchev–Trinajstić information content (AvgIpc) is 2.37. The van der Waals surface area contributed by atoms with Crippen LogP contribution in [-0.4, -0.2) is 59.0 Å². The summed E-state index contributed by atoms with van der Waals surface area (Å²) in [4.78, 5) is 34.7. The van der Waals surface area contributed by atoms with Crippen LogP contribution in [0.25, 0.3) is 0 Å². The molecule has 0 aliphatic carbocycles. The minimum Gasteiger partial charge on any atom is -0.480 e. The van der Waals surface area contributed by atoms with Crippen LogP contribution in [0.4, 0.5) is 13.2 Å². The van der Waals surface area contributed by atoms with Crippen molar-refractivity contribution in [3.63, 3.8) is 0 Å². The topological polar surface area (TPSA) is 99.1 Å². The maximum atomic E-state index is 12.3. The second kappa shape index (κ2) is 6.60. The molecule has 0 saturated carbocycles. The fourth-order valence-corrected chi connectivity index (χ4v) is 2.91. The van der Waals surface area contributed by atoms with Crippen molar-refractivity contribution in [3.8, 4) is 0 Å². The molecule has 1 fully saturated rings. The summed E-state index contributed by atoms with van der Waals surface area (Å²) in [7, 11) is 1.76. The number of halogens is 3. The van der Waals surface area contributed by atoms with Gasteiger partial charge in [0.2, 0.25) is 0 Å². The van der Waals surface area contributed by atoms with Crippen LogP contribution in [0.5, 0.6) is 0 Å². The third-order valence-electron chi connectivity index (χ3n) is 3.36. The van der Waals surface area contributed by atoms with E-state index in [0.29, 0.717) is 25.0 Å². The fraction of sp³-hybridized carbons (Fsp3) is 0.800. The molecule has 1 unspecified atom stereocenters. The largest absolute Gasteiger partial charge is 0.480 e. The number of nitrogens with zero attached hydrogens (tertiary/aromatic N) is 2. The first kappa shape index (κ1) is 17.7. The zero-order valence-electron chi connectivity index (χ0n) is 11.0. The SMILES string of the molecule is CN1CCC(SN=O)(C(NC(=O)C(F)(F)F)C(=O)O)CC1. The number of rotatable bonds is 5. The van der Waals surface area contributed by atoms with E-state index in [0.717, 1.165) is 0 Å². The highest BCUT2D eigenvalue weighted by Crippen LogP contribution is 2.40. The van der Waals surface area contributed by atoms with Crippen molar-refractivity contribution in [1.29, 1.82) is 0 Å². The van der Waals surface area contributed by atoms with Gasteiger partial charge in [-0.2, -0.15) is 13.2 Å². The van der Waals surface area contributed by atoms with E-state index in [-0.39, 0.29) is 12.8 Å². The Morgan fingerprint density at radius 2 is 1.90 bits per heavy atom. The first-order valence-corrected chi connectivity index (χ1v) is 6.69. The number of likely N-dealkylation sites (tertiary alicyclic amines) is 1. The highest BCUT2D eigenvalue weighted by atomic mass is 32.2. The van der Waals surface area contributed by atoms with Crippen LogP contribution in [0, 0.1) is 4.91 Å². The molecule has 120 valence electrons. The van der Waals surface area contributed by atoms with Gasteiger partial charge in [0, 0.05) is 16.5 Å². The van der Waals surface area contributed by atoms with Gasteiger partial charge in [0.05, 0.1) is 4.75 Å². The van der Waals surface area contributed by atoms with Gasteiger partial charge in [-0.1, -0.05) is 0 Å². The van der Waals surface area contributed by atoms with E-state index in [1.54, 1.807) is 7.05 Å². The van der Waals surface area contributed by atoms with Gasteiger partial charge in [0.15, 0.2) is 0 Å². The van der Waals surface area contributed by atoms with Crippen LogP contribution < -0.4 is 5.32 Å². The number of aliphatic carboxylic acids is 1. The van der Waals surface area contributed by atoms with E-state index in [1.165, 1.54) is 5.32 Å². The van der Waals surface area contributed by atoms with E-state index in [1.807, 2.05) is 4.90 Å². The first-order valence-electron chi connectivity index (χ1n) is 5.92. The van der Waals surface area contributed by atoms with Crippen LogP contribution in [0.2, 0.25) is 0 Å². The summed E-state index contributed by atoms with van der Waals surface area (Å²) < 4.78 is 38.1. The van der Waals surface area contributed by atoms with Gasteiger partial charge in [0.25, 0.3) is 0 Å². The molecule has 0 aromatic heterocycles. The molecule has 21 heavy (non-hydrogen) atoms. The minimum absolute atomic E-state index is 0.120. The van der Waals surface area contributed by atoms with Gasteiger partial charge in [0.1, 0.15) is 6.04 Å². The van der Waals surface area contributed by atoms with Crippen molar-refractivity contribution in [1.82, 2.24) is 10.2 Å². The van der Waals surface area contributed by atoms with Gasteiger partial charge >= 0.3 is 18.1 Å². The Morgan fingerprint density at radius 1 is 1.38 bits per heavy atom. The first-order chi connectivity index (χ1) is 9.62. The lowest BCUT2D eigenvalue weighted by Gasteiger charge is -2.41. The molecule has 0 bridgehead atoms. The molecule has 11 heteroatoms. The fourth-order valence-electron chi connectivity index (χ4n) is 2.14. The summed E-state index contributed by atoms with van der Waals surface area (Å²) in [5, 5.41) is 10.6. The molecule has 7 nitrogen and oxygen atoms in total. The van der Waals surface area contributed by atoms with Gasteiger partial charge in [-0.25, -0.2) is 4.79 Å². The highest BCUT2D eigenvalue weighted by Gasteiger charge is 2.50. The van der Waals surface area contributed by atoms with Crippen molar-refractivity contribution >= 4 is 23.8 Å². The number of alkyl halides is 3. The molecule has 1 saturated heterocycles. The van der Waals surface area contributed by atoms with E-state index in [2.05, 4.69) is 4.58 Å². The maximum Gasteiger partial charge on any atom is 0.471 e. The van der Waals surface area contributed by atoms with Crippen LogP contribution in [0.1, 0.15) is 12.8 Å². The summed E-state index contributed by atoms with van der Waals surface area (Å²) in [6.07, 6.45) is -4.95. The molecule has 0 aromatic carbocycles. The summed E-state index contributed by atoms with van der Waals surface area (Å²) in [6, 6.07) is -1.84. The normalized spacial score (nSPS) is 20.6. The number of hydrogen-bond donors (Lipinski definition) is 2. The lowest BCUT2D eigenvalue weighted by Crippen LogP contribution is -2.60. The maximum absolute atomic E-state index is 12.3. The number of amides is 1. The average molecular weight is 329 g/mol. The number of carboxylic acids is 1. The van der Waals surface area contributed by atoms with Crippen molar-refractivity contribution in [2.45, 2.75) is 29.8 Å². The Morgan fingerprint density at radius 3 is 2.29 bits per heavy atom. The molecule has 2 N–H and O–H groups in total. The van der Waals surface area contributed by atoms with Crippen molar-refractivity contribution in [3.05, 3.63) is 4.91 Å². The number of carbonyl (C=O) groups is 2. The second-order valence-corrected chi connectivity index (χ2v) is 5.92. The summed E-state index contributed by atoms with van der Waals surface area (Å²) in [5.74, 6) is -3.98. The molecule has 1 amide bonds. The lowest BCUT2D eigenvalue weighted by atomic mass is 9.88. The van der Waals surface area contributed by atoms with Gasteiger partial charge < -0.3 is 15.3 Å². The van der Waals surface area contributed by atoms with Crippen LogP contribution in [-0.2, 0) is 9.59 Å². The summed E-state index contributed by atoms with van der Waals surface area (Å²) in [5.41, 5.74) is 0. The third-order valence-corrected chi connectivity index (χ3v) is 4.44. The van der Waals surface area contributed by atoms with Crippen LogP contribution >= 0.6 is 11.9 Å². The van der Waals surface area contributed by atoms with Gasteiger partial charge in [-0.15, -0.1) is 4.91 Å². The number of nitrogens with one attached hydrogen (secondary N) is 1. The molecule has 1 aliphatic rings. The predicted octanol–water partition coefficient (Wildman–Crippen LogP) is 0.997. The zero-order chi connectivity index (χ0) is 16.3. The molecule has 1 heterocycles. The Hall–Kier alpha value is -1.36. The zero-order valence-corrected chi connectivity index (χ0v) is 11.8. The molecular formula is C10H14F3N3O4S. The molecule has 1 rings (SSSR count). The standard InChI is InChI=1S/C10H14F3N3O4S/c1-16-4-2-9(3-5-16,21-15-20)6(7(17)18)14-8(19)10(11,12)13/h6H,2-5H2,1H3,(H,14,19)(H,17,18). The van der Waals surface area contributed by atoms with E-state index >= 15 is 0 Å². The number of nitroso groups, excluding NO2 is 1. The Bertz CT molecular complexity index is 424. The number of hydrogen-bond acceptors (Lipinski definition) is 6. The number of carbonyl (C=O) groups excluding carboxylic acids is 1. The van der Waals surface area contributed by atoms with Crippen LogP contribution in [0.3, 0.4) is 0 Å². The molecule has 1 atom stereocenters. The summed E-state index contributed by atoms with van der Waals surface area (Å²) >= 11 is 0.371. The van der Waals surface area contributed by atoms with Crippen LogP contribution in [0.15, 0.2) is 4.58 Å². The Kier molecular flexibility index (Phi) is 5.56. The molecule has 0 spiro atoms. The van der Waals surface area contributed by atoms with Crippen molar-refractivity contribution < 1.29 is 27.9 Å². The Labute approximate surface area is 122 Å². The monoisotopic (exact) mass is 329 g/mol. The van der Waals surface area contributed by atoms with Gasteiger partial charge in [-0.05, 0) is 33.0 Å². The van der Waals surface area contributed by atoms with Crippen molar-refractivity contribution in [2.75, 3.05) is 20.1 Å². The minimum atomic E-state index is -5.19. The van der Waals surface area contributed by atoms with Crippen molar-refractivity contribution in [2.24, 2.45) is 4.58 Å². The van der Waals surface area contributed by atoms with E-state index < -0.39 is 28.8 Å². The summed E-state index contributed by atoms with van der Waals surface area (Å²) in [6.45, 7) is 0.766. The lowest BCUT2D eigenvalue weighted by molar-refractivity contribution is -0.176. The van der Waals surface area contributed by atoms with Gasteiger partial charge in [-0.3, -0.25) is 4.79 Å². The Balaban J connectivity index is 3.02. The molecule has 1 aliphatic heterocycles. The predicted molar refractivity (Wildman–Crippen MR) is 68.5 cm³/mol. The van der Waals surface area contributed by atoms with E-state index in [4.69, 9.17) is 5.11 Å². The number of piperidine rings is 1. The second-order valence-electron chi connectivity index (χ2n) is 4.78. The molecular weight excluding hydrogens is 315 g/mol. The quantitative estimate of drug-likeness (QED) is 0.577. The number of carboxylic acid groups (broad SMARTS) is 1. The molecule has 0 aromatic rings. The third kappa shape index (κ3) is 4.30. The smallest absolute Gasteiger partial charge is 0.471 e. The highest BCUT2D eigenvalue weighted by molar-refractivity contribution is 7.99. The van der Waals surface area contributed by atoms with E-state index in [9.17, 15) is 27.7 Å². The molecule has 0 radical (unpaired) electrons.